The molecule has 2 N–H and O–H groups in total. The Balaban J connectivity index is 1.57. The maximum atomic E-state index is 14.9. The lowest BCUT2D eigenvalue weighted by molar-refractivity contribution is 0.0561. The van der Waals surface area contributed by atoms with Gasteiger partial charge >= 0.3 is 18.0 Å². The van der Waals surface area contributed by atoms with Gasteiger partial charge in [-0.05, 0) is 11.5 Å². The fourth-order valence-corrected chi connectivity index (χ4v) is 4.78. The van der Waals surface area contributed by atoms with Crippen molar-refractivity contribution in [3.8, 4) is 17.4 Å². The largest absolute Gasteiger partial charge is 0.493 e. The predicted octanol–water partition coefficient (Wildman–Crippen LogP) is 5.25. The fraction of sp³-hybridized carbons (Fsp3) is 0.185. The molecule has 2 heterocycles. The van der Waals surface area contributed by atoms with Crippen molar-refractivity contribution in [2.75, 3.05) is 39.1 Å². The van der Waals surface area contributed by atoms with Crippen LogP contribution in [-0.4, -0.2) is 51.4 Å². The molecule has 208 valence electrons. The number of benzene rings is 2. The summed E-state index contributed by atoms with van der Waals surface area (Å²) in [5.74, 6) is -1.76. The van der Waals surface area contributed by atoms with Gasteiger partial charge in [-0.2, -0.15) is 0 Å². The van der Waals surface area contributed by atoms with Crippen LogP contribution in [0.4, 0.5) is 20.6 Å². The highest BCUT2D eigenvalue weighted by atomic mass is 32.1. The number of amides is 2. The average Bonchev–Trinajstić information content (AvgIpc) is 3.39. The van der Waals surface area contributed by atoms with E-state index >= 15 is 0 Å². The van der Waals surface area contributed by atoms with Gasteiger partial charge in [0.1, 0.15) is 17.0 Å². The van der Waals surface area contributed by atoms with E-state index in [9.17, 15) is 18.8 Å². The molecule has 0 aliphatic rings. The van der Waals surface area contributed by atoms with Crippen molar-refractivity contribution < 1.29 is 42.5 Å². The third-order valence-corrected chi connectivity index (χ3v) is 6.68. The van der Waals surface area contributed by atoms with Crippen molar-refractivity contribution >= 4 is 51.5 Å². The Labute approximate surface area is 231 Å². The van der Waals surface area contributed by atoms with E-state index in [-0.39, 0.29) is 39.9 Å². The SMILES string of the molecule is COC(=O)c1scc(NC(=O)Nc2cc(OCc3cccc4ccnc(OC)c34)c(OC)cc2F)c1C(=O)OC. The third-order valence-electron chi connectivity index (χ3n) is 5.72. The van der Waals surface area contributed by atoms with Gasteiger partial charge in [0.05, 0.1) is 45.2 Å². The molecule has 2 amide bonds. The second kappa shape index (κ2) is 12.3. The summed E-state index contributed by atoms with van der Waals surface area (Å²) in [4.78, 5) is 41.2. The van der Waals surface area contributed by atoms with Crippen LogP contribution >= 0.6 is 11.3 Å². The first kappa shape index (κ1) is 28.1. The molecule has 4 aromatic rings. The topological polar surface area (TPSA) is 134 Å². The normalized spacial score (nSPS) is 10.5. The molecule has 0 spiro atoms. The number of halogens is 1. The number of ether oxygens (including phenoxy) is 5. The lowest BCUT2D eigenvalue weighted by Crippen LogP contribution is -2.22. The van der Waals surface area contributed by atoms with Crippen LogP contribution in [-0.2, 0) is 16.1 Å². The maximum absolute atomic E-state index is 14.9. The van der Waals surface area contributed by atoms with Crippen molar-refractivity contribution in [2.24, 2.45) is 0 Å². The van der Waals surface area contributed by atoms with Gasteiger partial charge in [-0.1, -0.05) is 18.2 Å². The molecular weight excluding hydrogens is 545 g/mol. The molecule has 40 heavy (non-hydrogen) atoms. The van der Waals surface area contributed by atoms with E-state index in [0.717, 1.165) is 48.0 Å². The number of methoxy groups -OCH3 is 4. The van der Waals surface area contributed by atoms with Crippen molar-refractivity contribution in [2.45, 2.75) is 6.61 Å². The predicted molar refractivity (Wildman–Crippen MR) is 145 cm³/mol. The molecule has 11 nitrogen and oxygen atoms in total. The Morgan fingerprint density at radius 3 is 2.38 bits per heavy atom. The van der Waals surface area contributed by atoms with Crippen LogP contribution in [0.2, 0.25) is 0 Å². The van der Waals surface area contributed by atoms with E-state index in [1.54, 1.807) is 6.20 Å². The van der Waals surface area contributed by atoms with Crippen LogP contribution in [0.15, 0.2) is 48.0 Å². The minimum atomic E-state index is -0.890. The molecule has 0 saturated carbocycles. The number of esters is 2. The van der Waals surface area contributed by atoms with E-state index < -0.39 is 23.8 Å². The van der Waals surface area contributed by atoms with Crippen molar-refractivity contribution in [3.63, 3.8) is 0 Å². The Hall–Kier alpha value is -4.91. The zero-order valence-electron chi connectivity index (χ0n) is 21.8. The number of hydrogen-bond acceptors (Lipinski definition) is 10. The molecule has 0 saturated heterocycles. The second-order valence-corrected chi connectivity index (χ2v) is 8.90. The number of rotatable bonds is 9. The van der Waals surface area contributed by atoms with Gasteiger partial charge in [-0.25, -0.2) is 23.8 Å². The minimum Gasteiger partial charge on any atom is -0.493 e. The second-order valence-electron chi connectivity index (χ2n) is 8.02. The van der Waals surface area contributed by atoms with Gasteiger partial charge in [-0.3, -0.25) is 0 Å². The highest BCUT2D eigenvalue weighted by molar-refractivity contribution is 7.13. The number of aromatic nitrogens is 1. The number of carbonyl (C=O) groups is 3. The average molecular weight is 570 g/mol. The smallest absolute Gasteiger partial charge is 0.349 e. The fourth-order valence-electron chi connectivity index (χ4n) is 3.88. The quantitative estimate of drug-likeness (QED) is 0.259. The number of fused-ring (bicyclic) bond motifs is 1. The molecule has 0 fully saturated rings. The Morgan fingerprint density at radius 2 is 1.68 bits per heavy atom. The molecule has 2 aromatic heterocycles. The number of pyridine rings is 1. The lowest BCUT2D eigenvalue weighted by Gasteiger charge is -2.15. The number of nitrogens with one attached hydrogen (secondary N) is 2. The summed E-state index contributed by atoms with van der Waals surface area (Å²) >= 11 is 0.877. The van der Waals surface area contributed by atoms with Crippen LogP contribution < -0.4 is 24.8 Å². The van der Waals surface area contributed by atoms with E-state index in [4.69, 9.17) is 18.9 Å². The molecule has 0 radical (unpaired) electrons. The zero-order valence-corrected chi connectivity index (χ0v) is 22.6. The zero-order chi connectivity index (χ0) is 28.8. The molecule has 4 rings (SSSR count). The number of urea groups is 1. The van der Waals surface area contributed by atoms with Crippen LogP contribution in [0, 0.1) is 5.82 Å². The highest BCUT2D eigenvalue weighted by Crippen LogP contribution is 2.35. The van der Waals surface area contributed by atoms with E-state index in [1.165, 1.54) is 25.7 Å². The van der Waals surface area contributed by atoms with Crippen LogP contribution in [0.25, 0.3) is 10.8 Å². The molecule has 0 bridgehead atoms. The van der Waals surface area contributed by atoms with Gasteiger partial charge in [0.15, 0.2) is 17.3 Å². The number of nitrogens with zero attached hydrogens (tertiary/aromatic N) is 1. The molecule has 2 aromatic carbocycles. The molecule has 13 heteroatoms. The van der Waals surface area contributed by atoms with Gasteiger partial charge in [0, 0.05) is 29.3 Å². The van der Waals surface area contributed by atoms with Crippen molar-refractivity contribution in [3.05, 3.63) is 69.8 Å². The number of hydrogen-bond donors (Lipinski definition) is 2. The first-order chi connectivity index (χ1) is 19.3. The molecule has 0 aliphatic carbocycles. The van der Waals surface area contributed by atoms with E-state index in [2.05, 4.69) is 20.4 Å². The molecule has 0 aliphatic heterocycles. The van der Waals surface area contributed by atoms with Crippen molar-refractivity contribution in [1.29, 1.82) is 0 Å². The highest BCUT2D eigenvalue weighted by Gasteiger charge is 2.26. The monoisotopic (exact) mass is 569 g/mol. The summed E-state index contributed by atoms with van der Waals surface area (Å²) in [7, 11) is 5.16. The number of thiophene rings is 1. The van der Waals surface area contributed by atoms with Crippen LogP contribution in [0.5, 0.6) is 17.4 Å². The van der Waals surface area contributed by atoms with Gasteiger partial charge in [-0.15, -0.1) is 11.3 Å². The van der Waals surface area contributed by atoms with Crippen LogP contribution in [0.3, 0.4) is 0 Å². The summed E-state index contributed by atoms with van der Waals surface area (Å²) < 4.78 is 40.9. The maximum Gasteiger partial charge on any atom is 0.349 e. The summed E-state index contributed by atoms with van der Waals surface area (Å²) in [5.41, 5.74) is 0.330. The minimum absolute atomic E-state index is 0.0151. The Kier molecular flexibility index (Phi) is 8.64. The number of carbonyl (C=O) groups excluding carboxylic acids is 3. The van der Waals surface area contributed by atoms with Gasteiger partial charge in [0.2, 0.25) is 5.88 Å². The lowest BCUT2D eigenvalue weighted by atomic mass is 10.1. The molecule has 0 unspecified atom stereocenters. The standard InChI is InChI=1S/C27H24FN3O8S/c1-35-19-10-16(28)17(30-27(34)31-18-13-40-23(26(33)38-4)22(18)25(32)37-3)11-20(19)39-12-15-7-5-6-14-8-9-29-24(36-2)21(14)15/h5-11,13H,12H2,1-4H3,(H2,30,31,34). The van der Waals surface area contributed by atoms with Crippen LogP contribution in [0.1, 0.15) is 25.6 Å². The van der Waals surface area contributed by atoms with Gasteiger partial charge in [0.25, 0.3) is 0 Å². The Bertz CT molecular complexity index is 1580. The summed E-state index contributed by atoms with van der Waals surface area (Å²) in [6.07, 6.45) is 1.64. The third kappa shape index (κ3) is 5.73. The molecule has 0 atom stereocenters. The summed E-state index contributed by atoms with van der Waals surface area (Å²) in [6.45, 7) is 0.0563. The summed E-state index contributed by atoms with van der Waals surface area (Å²) in [6, 6.07) is 8.90. The van der Waals surface area contributed by atoms with Crippen molar-refractivity contribution in [1.82, 2.24) is 4.98 Å². The van der Waals surface area contributed by atoms with E-state index in [0.29, 0.717) is 5.88 Å². The van der Waals surface area contributed by atoms with E-state index in [1.807, 2.05) is 24.3 Å². The number of anilines is 2. The first-order valence-electron chi connectivity index (χ1n) is 11.6. The first-order valence-corrected chi connectivity index (χ1v) is 12.5. The van der Waals surface area contributed by atoms with Gasteiger partial charge < -0.3 is 34.3 Å². The summed E-state index contributed by atoms with van der Waals surface area (Å²) in [5, 5.41) is 7.83. The molecular formula is C27H24FN3O8S. The Morgan fingerprint density at radius 1 is 0.925 bits per heavy atom.